The molecule has 206 valence electrons. The monoisotopic (exact) mass is 535 g/mol. The van der Waals surface area contributed by atoms with Gasteiger partial charge in [0, 0.05) is 44.0 Å². The number of hydrogen-bond acceptors (Lipinski definition) is 8. The molecule has 2 aromatic rings. The molecule has 1 N–H and O–H groups in total. The lowest BCUT2D eigenvalue weighted by Gasteiger charge is -2.35. The molecular weight excluding hydrogens is 503 g/mol. The Balaban J connectivity index is 1.26. The lowest BCUT2D eigenvalue weighted by molar-refractivity contribution is -0.137. The van der Waals surface area contributed by atoms with E-state index >= 15 is 0 Å². The molecule has 4 rings (SSSR count). The molecule has 1 saturated heterocycles. The van der Waals surface area contributed by atoms with E-state index < -0.39 is 17.4 Å². The van der Waals surface area contributed by atoms with Crippen LogP contribution in [0.15, 0.2) is 41.6 Å². The molecule has 9 nitrogen and oxygen atoms in total. The molecule has 2 heterocycles. The van der Waals surface area contributed by atoms with Gasteiger partial charge < -0.3 is 24.6 Å². The summed E-state index contributed by atoms with van der Waals surface area (Å²) in [5.41, 5.74) is -1.35. The number of ether oxygens (including phenoxy) is 2. The Hall–Kier alpha value is -3.57. The average molecular weight is 536 g/mol. The van der Waals surface area contributed by atoms with Gasteiger partial charge in [0.1, 0.15) is 17.6 Å². The van der Waals surface area contributed by atoms with Crippen molar-refractivity contribution in [1.82, 2.24) is 9.88 Å². The zero-order valence-electron chi connectivity index (χ0n) is 21.2. The summed E-state index contributed by atoms with van der Waals surface area (Å²) < 4.78 is 51.0. The maximum absolute atomic E-state index is 13.2. The second kappa shape index (κ2) is 12.3. The van der Waals surface area contributed by atoms with Crippen LogP contribution >= 0.6 is 0 Å². The quantitative estimate of drug-likeness (QED) is 0.416. The standard InChI is InChI=1S/C26H32F3N5O4/c1-2-16-37-25(35)34-14-12-33(13-15-34)23-4-3-5-24(31-23)38-20-9-6-18(7-10-20)30-19-8-11-22(32-36)21(17-19)26(27,28)29/h3-5,8,11,17-18,20,30H,2,6-7,9-10,12-16H2,1H3. The van der Waals surface area contributed by atoms with Crippen molar-refractivity contribution >= 4 is 23.3 Å². The fourth-order valence-electron chi connectivity index (χ4n) is 4.71. The summed E-state index contributed by atoms with van der Waals surface area (Å²) in [5, 5.41) is 5.63. The molecule has 38 heavy (non-hydrogen) atoms. The number of aromatic nitrogens is 1. The van der Waals surface area contributed by atoms with Crippen molar-refractivity contribution in [3.63, 3.8) is 0 Å². The molecule has 12 heteroatoms. The molecule has 0 spiro atoms. The van der Waals surface area contributed by atoms with Crippen LogP contribution < -0.4 is 15.0 Å². The van der Waals surface area contributed by atoms with Crippen molar-refractivity contribution in [3.05, 3.63) is 46.9 Å². The average Bonchev–Trinajstić information content (AvgIpc) is 2.92. The number of pyridine rings is 1. The molecule has 1 saturated carbocycles. The number of halogens is 3. The number of piperazine rings is 1. The highest BCUT2D eigenvalue weighted by Crippen LogP contribution is 2.38. The van der Waals surface area contributed by atoms with Gasteiger partial charge in [0.2, 0.25) is 5.88 Å². The number of amides is 1. The van der Waals surface area contributed by atoms with E-state index in [-0.39, 0.29) is 18.2 Å². The van der Waals surface area contributed by atoms with Crippen molar-refractivity contribution in [2.24, 2.45) is 5.18 Å². The van der Waals surface area contributed by atoms with Crippen LogP contribution in [0.3, 0.4) is 0 Å². The van der Waals surface area contributed by atoms with Gasteiger partial charge in [-0.3, -0.25) is 0 Å². The third kappa shape index (κ3) is 7.05. The lowest BCUT2D eigenvalue weighted by Crippen LogP contribution is -2.49. The van der Waals surface area contributed by atoms with Gasteiger partial charge in [0.25, 0.3) is 0 Å². The van der Waals surface area contributed by atoms with E-state index in [0.29, 0.717) is 44.4 Å². The van der Waals surface area contributed by atoms with E-state index in [1.807, 2.05) is 25.1 Å². The van der Waals surface area contributed by atoms with Gasteiger partial charge in [-0.05, 0) is 61.5 Å². The minimum Gasteiger partial charge on any atom is -0.474 e. The number of nitroso groups, excluding NO2 is 1. The SMILES string of the molecule is CCCOC(=O)N1CCN(c2cccc(OC3CCC(Nc4ccc(N=O)c(C(F)(F)F)c4)CC3)n2)CC1. The normalized spacial score (nSPS) is 20.1. The second-order valence-corrected chi connectivity index (χ2v) is 9.48. The van der Waals surface area contributed by atoms with Crippen LogP contribution in [0.25, 0.3) is 0 Å². The predicted octanol–water partition coefficient (Wildman–Crippen LogP) is 5.97. The zero-order valence-corrected chi connectivity index (χ0v) is 21.2. The number of alkyl halides is 3. The summed E-state index contributed by atoms with van der Waals surface area (Å²) in [6.07, 6.45) is -1.31. The van der Waals surface area contributed by atoms with E-state index in [9.17, 15) is 22.9 Å². The van der Waals surface area contributed by atoms with Gasteiger partial charge in [0.15, 0.2) is 0 Å². The van der Waals surface area contributed by atoms with Crippen LogP contribution in [0.4, 0.5) is 35.2 Å². The summed E-state index contributed by atoms with van der Waals surface area (Å²) >= 11 is 0. The minimum absolute atomic E-state index is 0.00872. The first-order valence-corrected chi connectivity index (χ1v) is 12.9. The number of nitrogens with one attached hydrogen (secondary N) is 1. The fourth-order valence-corrected chi connectivity index (χ4v) is 4.71. The maximum Gasteiger partial charge on any atom is 0.418 e. The Morgan fingerprint density at radius 1 is 1.11 bits per heavy atom. The van der Waals surface area contributed by atoms with Crippen LogP contribution in [-0.2, 0) is 10.9 Å². The predicted molar refractivity (Wildman–Crippen MR) is 137 cm³/mol. The van der Waals surface area contributed by atoms with Crippen LogP contribution in [0.2, 0.25) is 0 Å². The lowest BCUT2D eigenvalue weighted by atomic mass is 9.92. The summed E-state index contributed by atoms with van der Waals surface area (Å²) in [6, 6.07) is 9.07. The summed E-state index contributed by atoms with van der Waals surface area (Å²) in [6.45, 7) is 4.79. The van der Waals surface area contributed by atoms with E-state index in [0.717, 1.165) is 50.1 Å². The molecule has 0 unspecified atom stereocenters. The van der Waals surface area contributed by atoms with Crippen LogP contribution in [0.1, 0.15) is 44.6 Å². The summed E-state index contributed by atoms with van der Waals surface area (Å²) in [5.74, 6) is 1.31. The number of carbonyl (C=O) groups is 1. The van der Waals surface area contributed by atoms with E-state index in [1.165, 1.54) is 6.07 Å². The van der Waals surface area contributed by atoms with Crippen molar-refractivity contribution in [1.29, 1.82) is 0 Å². The molecular formula is C26H32F3N5O4. The third-order valence-corrected chi connectivity index (χ3v) is 6.73. The van der Waals surface area contributed by atoms with Crippen LogP contribution in [-0.4, -0.2) is 60.9 Å². The van der Waals surface area contributed by atoms with Crippen molar-refractivity contribution in [2.45, 2.75) is 57.3 Å². The summed E-state index contributed by atoms with van der Waals surface area (Å²) in [7, 11) is 0. The number of hydrogen-bond donors (Lipinski definition) is 1. The molecule has 1 aromatic carbocycles. The van der Waals surface area contributed by atoms with E-state index in [1.54, 1.807) is 4.90 Å². The Morgan fingerprint density at radius 2 is 1.84 bits per heavy atom. The van der Waals surface area contributed by atoms with Gasteiger partial charge in [-0.15, -0.1) is 4.91 Å². The number of carbonyl (C=O) groups excluding carboxylic acids is 1. The molecule has 1 amide bonds. The molecule has 0 radical (unpaired) electrons. The summed E-state index contributed by atoms with van der Waals surface area (Å²) in [4.78, 5) is 31.3. The van der Waals surface area contributed by atoms with Gasteiger partial charge >= 0.3 is 12.3 Å². The highest BCUT2D eigenvalue weighted by Gasteiger charge is 2.35. The minimum atomic E-state index is -4.65. The molecule has 1 aliphatic heterocycles. The highest BCUT2D eigenvalue weighted by molar-refractivity contribution is 5.68. The topological polar surface area (TPSA) is 96.4 Å². The largest absolute Gasteiger partial charge is 0.474 e. The maximum atomic E-state index is 13.2. The fraction of sp³-hybridized carbons (Fsp3) is 0.538. The Kier molecular flexibility index (Phi) is 8.90. The van der Waals surface area contributed by atoms with Crippen molar-refractivity contribution < 1.29 is 27.4 Å². The Bertz CT molecular complexity index is 1100. The first kappa shape index (κ1) is 27.5. The van der Waals surface area contributed by atoms with Gasteiger partial charge in [-0.25, -0.2) is 4.79 Å². The number of benzene rings is 1. The zero-order chi connectivity index (χ0) is 27.1. The van der Waals surface area contributed by atoms with Gasteiger partial charge in [0.05, 0.1) is 12.2 Å². The molecule has 1 aliphatic carbocycles. The molecule has 2 fully saturated rings. The smallest absolute Gasteiger partial charge is 0.418 e. The Morgan fingerprint density at radius 3 is 2.50 bits per heavy atom. The highest BCUT2D eigenvalue weighted by atomic mass is 19.4. The van der Waals surface area contributed by atoms with Crippen LogP contribution in [0, 0.1) is 4.91 Å². The third-order valence-electron chi connectivity index (χ3n) is 6.73. The first-order chi connectivity index (χ1) is 18.3. The molecule has 2 aliphatic rings. The van der Waals surface area contributed by atoms with Gasteiger partial charge in [-0.2, -0.15) is 18.2 Å². The molecule has 1 aromatic heterocycles. The van der Waals surface area contributed by atoms with E-state index in [4.69, 9.17) is 9.47 Å². The van der Waals surface area contributed by atoms with E-state index in [2.05, 4.69) is 20.4 Å². The molecule has 0 atom stereocenters. The first-order valence-electron chi connectivity index (χ1n) is 12.9. The number of rotatable bonds is 8. The Labute approximate surface area is 219 Å². The number of nitrogens with zero attached hydrogens (tertiary/aromatic N) is 4. The van der Waals surface area contributed by atoms with Crippen molar-refractivity contribution in [2.75, 3.05) is 43.0 Å². The van der Waals surface area contributed by atoms with Crippen LogP contribution in [0.5, 0.6) is 5.88 Å². The number of anilines is 2. The van der Waals surface area contributed by atoms with Crippen molar-refractivity contribution in [3.8, 4) is 5.88 Å². The molecule has 0 bridgehead atoms. The van der Waals surface area contributed by atoms with Gasteiger partial charge in [-0.1, -0.05) is 13.0 Å². The second-order valence-electron chi connectivity index (χ2n) is 9.48.